The van der Waals surface area contributed by atoms with Gasteiger partial charge in [0.1, 0.15) is 0 Å². The number of urea groups is 1. The van der Waals surface area contributed by atoms with Crippen LogP contribution in [0.1, 0.15) is 0 Å². The van der Waals surface area contributed by atoms with Gasteiger partial charge in [-0.3, -0.25) is 4.79 Å². The van der Waals surface area contributed by atoms with Gasteiger partial charge in [-0.25, -0.2) is 9.69 Å². The number of nitrogens with zero attached hydrogens (tertiary/aromatic N) is 1. The summed E-state index contributed by atoms with van der Waals surface area (Å²) in [5.41, 5.74) is 1.08. The number of hydrogen-bond acceptors (Lipinski definition) is 2. The topological polar surface area (TPSA) is 49.4 Å². The molecule has 1 N–H and O–H groups in total. The molecule has 0 fully saturated rings. The summed E-state index contributed by atoms with van der Waals surface area (Å²) in [6.07, 6.45) is 0. The Morgan fingerprint density at radius 1 is 0.895 bits per heavy atom. The highest BCUT2D eigenvalue weighted by molar-refractivity contribution is 7.97. The summed E-state index contributed by atoms with van der Waals surface area (Å²) in [7, 11) is 0. The number of hydrogen-bond donors (Lipinski definition) is 2. The second-order valence-corrected chi connectivity index (χ2v) is 4.13. The van der Waals surface area contributed by atoms with E-state index in [9.17, 15) is 9.59 Å². The molecule has 0 spiro atoms. The van der Waals surface area contributed by atoms with Gasteiger partial charge in [-0.1, -0.05) is 49.0 Å². The number of rotatable bonds is 2. The van der Waals surface area contributed by atoms with Crippen LogP contribution in [0.25, 0.3) is 0 Å². The quantitative estimate of drug-likeness (QED) is 0.817. The Kier molecular flexibility index (Phi) is 4.20. The van der Waals surface area contributed by atoms with Crippen molar-refractivity contribution in [3.8, 4) is 0 Å². The molecule has 0 aliphatic rings. The SMILES string of the molecule is O=C(S)N(C(=O)Nc1ccccc1)c1ccccc1. The number of nitrogens with one attached hydrogen (secondary N) is 1. The molecule has 0 saturated carbocycles. The number of carbonyl (C=O) groups excluding carboxylic acids is 2. The van der Waals surface area contributed by atoms with Crippen molar-refractivity contribution in [2.24, 2.45) is 0 Å². The Hall–Kier alpha value is -2.27. The predicted molar refractivity (Wildman–Crippen MR) is 78.8 cm³/mol. The predicted octanol–water partition coefficient (Wildman–Crippen LogP) is 3.77. The Morgan fingerprint density at radius 3 is 1.95 bits per heavy atom. The smallest absolute Gasteiger partial charge is 0.307 e. The van der Waals surface area contributed by atoms with Crippen LogP contribution in [0.5, 0.6) is 0 Å². The molecule has 4 nitrogen and oxygen atoms in total. The molecule has 0 aliphatic heterocycles. The minimum Gasteiger partial charge on any atom is -0.307 e. The van der Waals surface area contributed by atoms with E-state index in [-0.39, 0.29) is 0 Å². The third-order valence-corrected chi connectivity index (χ3v) is 2.63. The number of benzene rings is 2. The van der Waals surface area contributed by atoms with E-state index in [4.69, 9.17) is 0 Å². The fourth-order valence-electron chi connectivity index (χ4n) is 1.59. The normalized spacial score (nSPS) is 9.74. The van der Waals surface area contributed by atoms with E-state index in [1.807, 2.05) is 6.07 Å². The van der Waals surface area contributed by atoms with Crippen LogP contribution in [0.15, 0.2) is 60.7 Å². The first-order valence-electron chi connectivity index (χ1n) is 5.62. The molecule has 0 atom stereocenters. The molecule has 5 heteroatoms. The molecular weight excluding hydrogens is 260 g/mol. The molecule has 0 aromatic heterocycles. The Morgan fingerprint density at radius 2 is 1.42 bits per heavy atom. The number of anilines is 2. The first-order chi connectivity index (χ1) is 9.18. The maximum atomic E-state index is 12.1. The van der Waals surface area contributed by atoms with Crippen LogP contribution >= 0.6 is 12.6 Å². The molecule has 0 bridgehead atoms. The molecule has 0 heterocycles. The van der Waals surface area contributed by atoms with E-state index in [0.717, 1.165) is 4.90 Å². The van der Waals surface area contributed by atoms with Gasteiger partial charge in [0, 0.05) is 5.69 Å². The highest BCUT2D eigenvalue weighted by Gasteiger charge is 2.20. The number of carbonyl (C=O) groups is 2. The molecule has 0 aliphatic carbocycles. The lowest BCUT2D eigenvalue weighted by Gasteiger charge is -2.19. The van der Waals surface area contributed by atoms with Gasteiger partial charge in [0.25, 0.3) is 5.24 Å². The molecule has 2 rings (SSSR count). The molecular formula is C14H12N2O2S. The molecule has 0 unspecified atom stereocenters. The van der Waals surface area contributed by atoms with Crippen molar-refractivity contribution in [1.29, 1.82) is 0 Å². The maximum absolute atomic E-state index is 12.1. The average molecular weight is 272 g/mol. The van der Waals surface area contributed by atoms with E-state index in [1.165, 1.54) is 0 Å². The Bertz CT molecular complexity index is 573. The van der Waals surface area contributed by atoms with Gasteiger partial charge in [-0.15, -0.1) is 0 Å². The van der Waals surface area contributed by atoms with Crippen LogP contribution in [0.2, 0.25) is 0 Å². The van der Waals surface area contributed by atoms with E-state index >= 15 is 0 Å². The third kappa shape index (κ3) is 3.35. The minimum absolute atomic E-state index is 0.468. The highest BCUT2D eigenvalue weighted by atomic mass is 32.1. The van der Waals surface area contributed by atoms with Gasteiger partial charge in [0.2, 0.25) is 0 Å². The van der Waals surface area contributed by atoms with Gasteiger partial charge in [-0.05, 0) is 24.3 Å². The second-order valence-electron chi connectivity index (χ2n) is 3.75. The van der Waals surface area contributed by atoms with Crippen molar-refractivity contribution in [3.05, 3.63) is 60.7 Å². The average Bonchev–Trinajstić information content (AvgIpc) is 2.40. The second kappa shape index (κ2) is 6.06. The van der Waals surface area contributed by atoms with E-state index in [0.29, 0.717) is 11.4 Å². The third-order valence-electron chi connectivity index (χ3n) is 2.43. The lowest BCUT2D eigenvalue weighted by Crippen LogP contribution is -2.36. The Balaban J connectivity index is 2.21. The number of imide groups is 1. The van der Waals surface area contributed by atoms with E-state index < -0.39 is 11.3 Å². The summed E-state index contributed by atoms with van der Waals surface area (Å²) < 4.78 is 0. The van der Waals surface area contributed by atoms with Crippen LogP contribution in [0.4, 0.5) is 21.0 Å². The molecule has 0 saturated heterocycles. The summed E-state index contributed by atoms with van der Waals surface area (Å²) in [6, 6.07) is 17.0. The highest BCUT2D eigenvalue weighted by Crippen LogP contribution is 2.17. The van der Waals surface area contributed by atoms with Crippen molar-refractivity contribution in [2.45, 2.75) is 0 Å². The van der Waals surface area contributed by atoms with E-state index in [1.54, 1.807) is 54.6 Å². The van der Waals surface area contributed by atoms with Crippen LogP contribution < -0.4 is 10.2 Å². The zero-order chi connectivity index (χ0) is 13.7. The van der Waals surface area contributed by atoms with Crippen molar-refractivity contribution in [1.82, 2.24) is 0 Å². The number of thiol groups is 1. The molecule has 2 aromatic rings. The van der Waals surface area contributed by atoms with Crippen molar-refractivity contribution >= 4 is 35.3 Å². The van der Waals surface area contributed by atoms with Gasteiger partial charge < -0.3 is 5.32 Å². The van der Waals surface area contributed by atoms with Crippen molar-refractivity contribution < 1.29 is 9.59 Å². The number of amides is 3. The molecule has 0 radical (unpaired) electrons. The van der Waals surface area contributed by atoms with E-state index in [2.05, 4.69) is 17.9 Å². The van der Waals surface area contributed by atoms with Gasteiger partial charge in [-0.2, -0.15) is 0 Å². The zero-order valence-electron chi connectivity index (χ0n) is 9.98. The van der Waals surface area contributed by atoms with Gasteiger partial charge in [0.15, 0.2) is 0 Å². The van der Waals surface area contributed by atoms with Gasteiger partial charge in [0.05, 0.1) is 5.69 Å². The molecule has 19 heavy (non-hydrogen) atoms. The fraction of sp³-hybridized carbons (Fsp3) is 0. The molecule has 3 amide bonds. The van der Waals surface area contributed by atoms with Crippen molar-refractivity contribution in [2.75, 3.05) is 10.2 Å². The molecule has 96 valence electrons. The summed E-state index contributed by atoms with van der Waals surface area (Å²) in [5, 5.41) is 2.00. The van der Waals surface area contributed by atoms with Crippen LogP contribution in [-0.4, -0.2) is 11.3 Å². The minimum atomic E-state index is -0.639. The van der Waals surface area contributed by atoms with Crippen LogP contribution in [0, 0.1) is 0 Å². The van der Waals surface area contributed by atoms with Crippen LogP contribution in [-0.2, 0) is 0 Å². The first kappa shape index (κ1) is 13.2. The van der Waals surface area contributed by atoms with Crippen molar-refractivity contribution in [3.63, 3.8) is 0 Å². The fourth-order valence-corrected chi connectivity index (χ4v) is 1.80. The lowest BCUT2D eigenvalue weighted by atomic mass is 10.3. The maximum Gasteiger partial charge on any atom is 0.333 e. The largest absolute Gasteiger partial charge is 0.333 e. The zero-order valence-corrected chi connectivity index (χ0v) is 10.9. The number of para-hydroxylation sites is 2. The Labute approximate surface area is 116 Å². The monoisotopic (exact) mass is 272 g/mol. The summed E-state index contributed by atoms with van der Waals surface area (Å²) in [6.45, 7) is 0. The summed E-state index contributed by atoms with van der Waals surface area (Å²) in [5.74, 6) is 0. The molecule has 2 aromatic carbocycles. The summed E-state index contributed by atoms with van der Waals surface area (Å²) >= 11 is 3.74. The lowest BCUT2D eigenvalue weighted by molar-refractivity contribution is 0.251. The standard InChI is InChI=1S/C14H12N2O2S/c17-13(15-11-7-3-1-4-8-11)16(14(18)19)12-9-5-2-6-10-12/h1-10H,(H,15,17)(H,18,19). The van der Waals surface area contributed by atoms with Crippen LogP contribution in [0.3, 0.4) is 0 Å². The van der Waals surface area contributed by atoms with Gasteiger partial charge >= 0.3 is 6.03 Å². The summed E-state index contributed by atoms with van der Waals surface area (Å²) in [4.78, 5) is 24.6. The first-order valence-corrected chi connectivity index (χ1v) is 6.07.